The number of halogens is 2. The van der Waals surface area contributed by atoms with Crippen LogP contribution in [-0.4, -0.2) is 19.1 Å². The number of hydrogen-bond donors (Lipinski definition) is 2. The lowest BCUT2D eigenvalue weighted by atomic mass is 10.2. The van der Waals surface area contributed by atoms with Crippen molar-refractivity contribution in [1.29, 1.82) is 0 Å². The summed E-state index contributed by atoms with van der Waals surface area (Å²) in [5.41, 5.74) is 2.31. The number of aryl methyl sites for hydroxylation is 1. The van der Waals surface area contributed by atoms with Crippen LogP contribution in [-0.2, 0) is 4.79 Å². The van der Waals surface area contributed by atoms with Gasteiger partial charge in [0.05, 0.1) is 23.5 Å². The number of amides is 1. The summed E-state index contributed by atoms with van der Waals surface area (Å²) in [7, 11) is 1.59. The van der Waals surface area contributed by atoms with Gasteiger partial charge in [-0.05, 0) is 49.7 Å². The summed E-state index contributed by atoms with van der Waals surface area (Å²) >= 11 is 12.0. The maximum Gasteiger partial charge on any atom is 0.246 e. The molecule has 1 amide bonds. The summed E-state index contributed by atoms with van der Waals surface area (Å²) in [6.07, 6.45) is 0. The van der Waals surface area contributed by atoms with E-state index in [1.807, 2.05) is 25.1 Å². The maximum absolute atomic E-state index is 12.3. The van der Waals surface area contributed by atoms with Crippen molar-refractivity contribution in [2.45, 2.75) is 19.9 Å². The number of methoxy groups -OCH3 is 1. The Bertz CT molecular complexity index is 720. The summed E-state index contributed by atoms with van der Waals surface area (Å²) in [5.74, 6) is 0.453. The van der Waals surface area contributed by atoms with Gasteiger partial charge in [0.2, 0.25) is 5.91 Å². The monoisotopic (exact) mass is 352 g/mol. The van der Waals surface area contributed by atoms with E-state index in [0.717, 1.165) is 11.3 Å². The molecule has 2 aromatic carbocycles. The Hall–Kier alpha value is -1.91. The first-order valence-electron chi connectivity index (χ1n) is 7.08. The van der Waals surface area contributed by atoms with Crippen LogP contribution < -0.4 is 15.4 Å². The molecule has 0 aliphatic heterocycles. The molecule has 4 nitrogen and oxygen atoms in total. The molecular formula is C17H18Cl2N2O2. The molecule has 0 spiro atoms. The van der Waals surface area contributed by atoms with Crippen molar-refractivity contribution in [3.05, 3.63) is 52.0 Å². The van der Waals surface area contributed by atoms with E-state index in [1.54, 1.807) is 32.2 Å². The van der Waals surface area contributed by atoms with Gasteiger partial charge in [-0.25, -0.2) is 0 Å². The Morgan fingerprint density at radius 1 is 1.13 bits per heavy atom. The Morgan fingerprint density at radius 2 is 1.87 bits per heavy atom. The highest BCUT2D eigenvalue weighted by atomic mass is 35.5. The lowest BCUT2D eigenvalue weighted by molar-refractivity contribution is -0.116. The van der Waals surface area contributed by atoms with Gasteiger partial charge in [0.1, 0.15) is 11.8 Å². The van der Waals surface area contributed by atoms with E-state index < -0.39 is 6.04 Å². The van der Waals surface area contributed by atoms with Crippen molar-refractivity contribution < 1.29 is 9.53 Å². The van der Waals surface area contributed by atoms with Gasteiger partial charge in [0, 0.05) is 5.02 Å². The second-order valence-corrected chi connectivity index (χ2v) is 6.03. The number of nitrogens with one attached hydrogen (secondary N) is 2. The third kappa shape index (κ3) is 4.53. The molecule has 23 heavy (non-hydrogen) atoms. The Kier molecular flexibility index (Phi) is 5.74. The minimum absolute atomic E-state index is 0.224. The molecule has 0 radical (unpaired) electrons. The molecule has 0 aliphatic rings. The van der Waals surface area contributed by atoms with Crippen molar-refractivity contribution in [3.8, 4) is 5.75 Å². The molecule has 2 N–H and O–H groups in total. The largest absolute Gasteiger partial charge is 0.495 e. The zero-order valence-electron chi connectivity index (χ0n) is 13.1. The summed E-state index contributed by atoms with van der Waals surface area (Å²) < 4.78 is 5.30. The van der Waals surface area contributed by atoms with Gasteiger partial charge in [0.25, 0.3) is 0 Å². The smallest absolute Gasteiger partial charge is 0.246 e. The molecule has 2 rings (SSSR count). The maximum atomic E-state index is 12.3. The molecule has 0 bridgehead atoms. The lowest BCUT2D eigenvalue weighted by Crippen LogP contribution is -2.32. The summed E-state index contributed by atoms with van der Waals surface area (Å²) in [4.78, 5) is 12.3. The molecule has 0 saturated carbocycles. The van der Waals surface area contributed by atoms with Crippen LogP contribution in [0.4, 0.5) is 11.4 Å². The van der Waals surface area contributed by atoms with Crippen molar-refractivity contribution in [2.75, 3.05) is 17.7 Å². The van der Waals surface area contributed by atoms with E-state index in [2.05, 4.69) is 10.6 Å². The zero-order valence-corrected chi connectivity index (χ0v) is 14.6. The average Bonchev–Trinajstić information content (AvgIpc) is 2.51. The molecule has 0 fully saturated rings. The van der Waals surface area contributed by atoms with Crippen molar-refractivity contribution in [2.24, 2.45) is 0 Å². The Balaban J connectivity index is 2.11. The fourth-order valence-electron chi connectivity index (χ4n) is 2.07. The standard InChI is InChI=1S/C17H18Cl2N2O2/c1-10-4-7-16(23-3)15(8-10)20-11(2)17(22)21-14-9-12(18)5-6-13(14)19/h4-9,11,20H,1-3H3,(H,21,22)/t11-/m1/s1. The predicted molar refractivity (Wildman–Crippen MR) is 95.9 cm³/mol. The van der Waals surface area contributed by atoms with E-state index in [9.17, 15) is 4.79 Å². The van der Waals surface area contributed by atoms with Crippen LogP contribution in [0.1, 0.15) is 12.5 Å². The van der Waals surface area contributed by atoms with Gasteiger partial charge in [-0.3, -0.25) is 4.79 Å². The summed E-state index contributed by atoms with van der Waals surface area (Å²) in [6, 6.07) is 10.2. The predicted octanol–water partition coefficient (Wildman–Crippen LogP) is 4.75. The van der Waals surface area contributed by atoms with E-state index in [0.29, 0.717) is 21.5 Å². The Labute approximate surface area is 145 Å². The molecule has 0 aliphatic carbocycles. The lowest BCUT2D eigenvalue weighted by Gasteiger charge is -2.18. The quantitative estimate of drug-likeness (QED) is 0.816. The molecule has 0 unspecified atom stereocenters. The minimum Gasteiger partial charge on any atom is -0.495 e. The number of anilines is 2. The molecule has 122 valence electrons. The molecule has 0 saturated heterocycles. The van der Waals surface area contributed by atoms with Gasteiger partial charge in [-0.15, -0.1) is 0 Å². The van der Waals surface area contributed by atoms with Crippen LogP contribution in [0.15, 0.2) is 36.4 Å². The van der Waals surface area contributed by atoms with Gasteiger partial charge in [-0.2, -0.15) is 0 Å². The van der Waals surface area contributed by atoms with E-state index in [4.69, 9.17) is 27.9 Å². The number of rotatable bonds is 5. The normalized spacial score (nSPS) is 11.7. The van der Waals surface area contributed by atoms with Gasteiger partial charge < -0.3 is 15.4 Å². The average molecular weight is 353 g/mol. The highest BCUT2D eigenvalue weighted by Crippen LogP contribution is 2.27. The number of ether oxygens (including phenoxy) is 1. The number of hydrogen-bond acceptors (Lipinski definition) is 3. The summed E-state index contributed by atoms with van der Waals surface area (Å²) in [6.45, 7) is 3.73. The van der Waals surface area contributed by atoms with Crippen LogP contribution >= 0.6 is 23.2 Å². The first-order valence-corrected chi connectivity index (χ1v) is 7.83. The van der Waals surface area contributed by atoms with Crippen LogP contribution in [0.25, 0.3) is 0 Å². The number of carbonyl (C=O) groups is 1. The topological polar surface area (TPSA) is 50.4 Å². The molecule has 1 atom stereocenters. The van der Waals surface area contributed by atoms with Gasteiger partial charge >= 0.3 is 0 Å². The molecular weight excluding hydrogens is 335 g/mol. The van der Waals surface area contributed by atoms with E-state index in [1.165, 1.54) is 0 Å². The van der Waals surface area contributed by atoms with Crippen molar-refractivity contribution in [1.82, 2.24) is 0 Å². The van der Waals surface area contributed by atoms with Gasteiger partial charge in [0.15, 0.2) is 0 Å². The third-order valence-corrected chi connectivity index (χ3v) is 3.87. The second kappa shape index (κ2) is 7.57. The summed E-state index contributed by atoms with van der Waals surface area (Å²) in [5, 5.41) is 6.85. The van der Waals surface area contributed by atoms with Crippen molar-refractivity contribution >= 4 is 40.5 Å². The van der Waals surface area contributed by atoms with Crippen LogP contribution in [0.3, 0.4) is 0 Å². The molecule has 2 aromatic rings. The first kappa shape index (κ1) is 17.4. The number of benzene rings is 2. The highest BCUT2D eigenvalue weighted by Gasteiger charge is 2.16. The first-order chi connectivity index (χ1) is 10.9. The van der Waals surface area contributed by atoms with Crippen LogP contribution in [0.2, 0.25) is 10.0 Å². The second-order valence-electron chi connectivity index (χ2n) is 5.18. The SMILES string of the molecule is COc1ccc(C)cc1N[C@H](C)C(=O)Nc1cc(Cl)ccc1Cl. The number of carbonyl (C=O) groups excluding carboxylic acids is 1. The van der Waals surface area contributed by atoms with Crippen LogP contribution in [0, 0.1) is 6.92 Å². The molecule has 0 heterocycles. The molecule has 0 aromatic heterocycles. The fourth-order valence-corrected chi connectivity index (χ4v) is 2.40. The van der Waals surface area contributed by atoms with E-state index in [-0.39, 0.29) is 5.91 Å². The third-order valence-electron chi connectivity index (χ3n) is 3.31. The fraction of sp³-hybridized carbons (Fsp3) is 0.235. The Morgan fingerprint density at radius 3 is 2.57 bits per heavy atom. The van der Waals surface area contributed by atoms with Gasteiger partial charge in [-0.1, -0.05) is 29.3 Å². The van der Waals surface area contributed by atoms with Crippen molar-refractivity contribution in [3.63, 3.8) is 0 Å². The molecule has 6 heteroatoms. The van der Waals surface area contributed by atoms with Crippen LogP contribution in [0.5, 0.6) is 5.75 Å². The highest BCUT2D eigenvalue weighted by molar-refractivity contribution is 6.35. The minimum atomic E-state index is -0.485. The zero-order chi connectivity index (χ0) is 17.0. The van der Waals surface area contributed by atoms with E-state index >= 15 is 0 Å².